The molecule has 0 saturated carbocycles. The van der Waals surface area contributed by atoms with Crippen molar-refractivity contribution in [1.29, 1.82) is 5.41 Å². The molecule has 19 heavy (non-hydrogen) atoms. The van der Waals surface area contributed by atoms with Crippen molar-refractivity contribution in [3.8, 4) is 0 Å². The van der Waals surface area contributed by atoms with E-state index in [0.717, 1.165) is 11.1 Å². The summed E-state index contributed by atoms with van der Waals surface area (Å²) in [5, 5.41) is 12.5. The van der Waals surface area contributed by atoms with Crippen LogP contribution in [0.2, 0.25) is 0 Å². The van der Waals surface area contributed by atoms with E-state index in [9.17, 15) is 0 Å². The largest absolute Gasteiger partial charge is 0.373 e. The number of nitrogens with two attached hydrogens (primary N) is 1. The highest BCUT2D eigenvalue weighted by molar-refractivity contribution is 6.02. The highest BCUT2D eigenvalue weighted by Gasteiger charge is 2.17. The summed E-state index contributed by atoms with van der Waals surface area (Å²) in [6.07, 6.45) is 1.73. The van der Waals surface area contributed by atoms with Gasteiger partial charge in [0.25, 0.3) is 0 Å². The van der Waals surface area contributed by atoms with Crippen LogP contribution in [0.5, 0.6) is 0 Å². The first-order valence-electron chi connectivity index (χ1n) is 6.33. The van der Waals surface area contributed by atoms with Gasteiger partial charge in [-0.3, -0.25) is 5.01 Å². The lowest BCUT2D eigenvalue weighted by Crippen LogP contribution is -2.32. The van der Waals surface area contributed by atoms with Gasteiger partial charge in [0.15, 0.2) is 0 Å². The first-order chi connectivity index (χ1) is 8.92. The Bertz CT molecular complexity index is 479. The number of aromatic nitrogens is 1. The summed E-state index contributed by atoms with van der Waals surface area (Å²) < 4.78 is 0. The average molecular weight is 261 g/mol. The maximum Gasteiger partial charge on any atom is 0.145 e. The molecule has 0 atom stereocenters. The second-order valence-corrected chi connectivity index (χ2v) is 4.76. The molecule has 0 bridgehead atoms. The minimum absolute atomic E-state index is 0.293. The third-order valence-electron chi connectivity index (χ3n) is 2.89. The highest BCUT2D eigenvalue weighted by Crippen LogP contribution is 2.28. The van der Waals surface area contributed by atoms with Crippen molar-refractivity contribution in [3.63, 3.8) is 0 Å². The standard InChI is InChI=1S/C14H23N5/c1-6-7-19(16)12-8-11(9(2)3)13(10(4)15)14(17-5)18-12/h6,8-9,15H,1,7,16H2,2-5H3,(H,17,18). The molecule has 0 radical (unpaired) electrons. The van der Waals surface area contributed by atoms with Gasteiger partial charge in [-0.15, -0.1) is 6.58 Å². The summed E-state index contributed by atoms with van der Waals surface area (Å²) in [4.78, 5) is 4.48. The number of nitrogens with zero attached hydrogens (tertiary/aromatic N) is 2. The lowest BCUT2D eigenvalue weighted by atomic mass is 9.95. The van der Waals surface area contributed by atoms with Crippen molar-refractivity contribution < 1.29 is 0 Å². The van der Waals surface area contributed by atoms with Crippen molar-refractivity contribution >= 4 is 17.3 Å². The zero-order valence-electron chi connectivity index (χ0n) is 12.1. The van der Waals surface area contributed by atoms with E-state index < -0.39 is 0 Å². The Kier molecular flexibility index (Phi) is 5.06. The van der Waals surface area contributed by atoms with Crippen LogP contribution in [0.25, 0.3) is 0 Å². The molecule has 1 aromatic rings. The second-order valence-electron chi connectivity index (χ2n) is 4.76. The molecule has 0 amide bonds. The molecule has 1 heterocycles. The molecule has 0 unspecified atom stereocenters. The SMILES string of the molecule is C=CCN(N)c1cc(C(C)C)c(C(C)=N)c(NC)n1. The molecule has 0 aliphatic carbocycles. The Morgan fingerprint density at radius 1 is 1.63 bits per heavy atom. The molecule has 0 spiro atoms. The van der Waals surface area contributed by atoms with Crippen LogP contribution in [0.1, 0.15) is 37.8 Å². The molecule has 104 valence electrons. The Labute approximate surface area is 115 Å². The van der Waals surface area contributed by atoms with Gasteiger partial charge in [-0.1, -0.05) is 19.9 Å². The number of hydrazine groups is 1. The highest BCUT2D eigenvalue weighted by atomic mass is 15.4. The van der Waals surface area contributed by atoms with Gasteiger partial charge in [0, 0.05) is 18.3 Å². The molecule has 1 rings (SSSR count). The lowest BCUT2D eigenvalue weighted by Gasteiger charge is -2.22. The topological polar surface area (TPSA) is 78.0 Å². The van der Waals surface area contributed by atoms with E-state index in [0.29, 0.717) is 29.8 Å². The maximum absolute atomic E-state index is 7.93. The molecular weight excluding hydrogens is 238 g/mol. The first-order valence-corrected chi connectivity index (χ1v) is 6.33. The van der Waals surface area contributed by atoms with Crippen molar-refractivity contribution in [3.05, 3.63) is 29.8 Å². The maximum atomic E-state index is 7.93. The van der Waals surface area contributed by atoms with E-state index in [4.69, 9.17) is 11.3 Å². The minimum atomic E-state index is 0.293. The zero-order valence-corrected chi connectivity index (χ0v) is 12.1. The number of rotatable bonds is 6. The number of hydrogen-bond acceptors (Lipinski definition) is 5. The summed E-state index contributed by atoms with van der Waals surface area (Å²) in [5.41, 5.74) is 2.43. The van der Waals surface area contributed by atoms with Crippen LogP contribution in [-0.4, -0.2) is 24.3 Å². The molecule has 5 nitrogen and oxygen atoms in total. The zero-order chi connectivity index (χ0) is 14.6. The van der Waals surface area contributed by atoms with Gasteiger partial charge in [-0.05, 0) is 24.5 Å². The Balaban J connectivity index is 3.44. The summed E-state index contributed by atoms with van der Waals surface area (Å²) in [6.45, 7) is 10.2. The smallest absolute Gasteiger partial charge is 0.145 e. The van der Waals surface area contributed by atoms with E-state index in [2.05, 4.69) is 30.7 Å². The monoisotopic (exact) mass is 261 g/mol. The average Bonchev–Trinajstić information content (AvgIpc) is 2.36. The molecule has 0 aliphatic rings. The Hall–Kier alpha value is -1.88. The van der Waals surface area contributed by atoms with Gasteiger partial charge in [0.05, 0.1) is 6.54 Å². The van der Waals surface area contributed by atoms with Crippen LogP contribution >= 0.6 is 0 Å². The van der Waals surface area contributed by atoms with Crippen molar-refractivity contribution in [2.45, 2.75) is 26.7 Å². The molecule has 0 aliphatic heterocycles. The van der Waals surface area contributed by atoms with Crippen molar-refractivity contribution in [2.75, 3.05) is 23.9 Å². The third-order valence-corrected chi connectivity index (χ3v) is 2.89. The predicted molar refractivity (Wildman–Crippen MR) is 82.1 cm³/mol. The molecular formula is C14H23N5. The van der Waals surface area contributed by atoms with Crippen molar-refractivity contribution in [1.82, 2.24) is 4.98 Å². The van der Waals surface area contributed by atoms with Gasteiger partial charge in [-0.2, -0.15) is 0 Å². The van der Waals surface area contributed by atoms with E-state index in [1.54, 1.807) is 25.1 Å². The Morgan fingerprint density at radius 2 is 2.26 bits per heavy atom. The van der Waals surface area contributed by atoms with Crippen LogP contribution in [0, 0.1) is 5.41 Å². The third kappa shape index (κ3) is 3.32. The Morgan fingerprint density at radius 3 is 2.68 bits per heavy atom. The van der Waals surface area contributed by atoms with E-state index >= 15 is 0 Å². The first kappa shape index (κ1) is 15.2. The lowest BCUT2D eigenvalue weighted by molar-refractivity contribution is 0.847. The number of nitrogens with one attached hydrogen (secondary N) is 2. The molecule has 4 N–H and O–H groups in total. The molecule has 0 saturated heterocycles. The van der Waals surface area contributed by atoms with E-state index in [-0.39, 0.29) is 0 Å². The summed E-state index contributed by atoms with van der Waals surface area (Å²) in [6, 6.07) is 1.95. The van der Waals surface area contributed by atoms with Crippen LogP contribution in [0.4, 0.5) is 11.6 Å². The fourth-order valence-electron chi connectivity index (χ4n) is 1.96. The van der Waals surface area contributed by atoms with Crippen LogP contribution in [0.3, 0.4) is 0 Å². The molecule has 5 heteroatoms. The molecule has 0 fully saturated rings. The van der Waals surface area contributed by atoms with Crippen LogP contribution < -0.4 is 16.2 Å². The van der Waals surface area contributed by atoms with Crippen LogP contribution in [-0.2, 0) is 0 Å². The summed E-state index contributed by atoms with van der Waals surface area (Å²) in [5.74, 6) is 7.60. The summed E-state index contributed by atoms with van der Waals surface area (Å²) >= 11 is 0. The number of pyridine rings is 1. The number of hydrogen-bond donors (Lipinski definition) is 3. The van der Waals surface area contributed by atoms with E-state index in [1.807, 2.05) is 6.07 Å². The van der Waals surface area contributed by atoms with Crippen LogP contribution in [0.15, 0.2) is 18.7 Å². The van der Waals surface area contributed by atoms with E-state index in [1.165, 1.54) is 0 Å². The van der Waals surface area contributed by atoms with Crippen molar-refractivity contribution in [2.24, 2.45) is 5.84 Å². The number of anilines is 2. The van der Waals surface area contributed by atoms with Gasteiger partial charge >= 0.3 is 0 Å². The normalized spacial score (nSPS) is 10.4. The summed E-state index contributed by atoms with van der Waals surface area (Å²) in [7, 11) is 1.80. The van der Waals surface area contributed by atoms with Gasteiger partial charge in [0.1, 0.15) is 11.6 Å². The van der Waals surface area contributed by atoms with Gasteiger partial charge < -0.3 is 10.7 Å². The fourth-order valence-corrected chi connectivity index (χ4v) is 1.96. The second kappa shape index (κ2) is 6.33. The predicted octanol–water partition coefficient (Wildman–Crippen LogP) is 2.50. The molecule has 1 aromatic heterocycles. The minimum Gasteiger partial charge on any atom is -0.373 e. The van der Waals surface area contributed by atoms with Gasteiger partial charge in [0.2, 0.25) is 0 Å². The van der Waals surface area contributed by atoms with Gasteiger partial charge in [-0.25, -0.2) is 10.8 Å². The molecule has 0 aromatic carbocycles. The quantitative estimate of drug-likeness (QED) is 0.318. The fraction of sp³-hybridized carbons (Fsp3) is 0.429.